The highest BCUT2D eigenvalue weighted by Crippen LogP contribution is 2.24. The van der Waals surface area contributed by atoms with Crippen LogP contribution < -0.4 is 5.32 Å². The van der Waals surface area contributed by atoms with Gasteiger partial charge in [0.2, 0.25) is 0 Å². The summed E-state index contributed by atoms with van der Waals surface area (Å²) >= 11 is 0. The number of nitrogens with one attached hydrogen (secondary N) is 1. The van der Waals surface area contributed by atoms with E-state index >= 15 is 0 Å². The molecule has 2 aromatic carbocycles. The van der Waals surface area contributed by atoms with E-state index in [1.165, 1.54) is 10.6 Å². The number of hydrogen-bond acceptors (Lipinski definition) is 5. The summed E-state index contributed by atoms with van der Waals surface area (Å²) in [6.07, 6.45) is 0. The Kier molecular flexibility index (Phi) is 3.96. The molecule has 6 nitrogen and oxygen atoms in total. The minimum Gasteiger partial charge on any atom is -0.508 e. The lowest BCUT2D eigenvalue weighted by molar-refractivity contribution is 0.474. The molecule has 0 aliphatic rings. The van der Waals surface area contributed by atoms with E-state index in [2.05, 4.69) is 20.6 Å². The Bertz CT molecular complexity index is 1080. The normalized spacial score (nSPS) is 12.2. The molecule has 2 N–H and O–H groups in total. The first-order chi connectivity index (χ1) is 12.6. The van der Waals surface area contributed by atoms with E-state index in [1.54, 1.807) is 48.5 Å². The first-order valence-corrected chi connectivity index (χ1v) is 8.14. The second kappa shape index (κ2) is 6.44. The van der Waals surface area contributed by atoms with Crippen molar-refractivity contribution >= 4 is 11.5 Å². The average Bonchev–Trinajstić information content (AvgIpc) is 3.05. The van der Waals surface area contributed by atoms with Crippen molar-refractivity contribution in [1.82, 2.24) is 19.8 Å². The largest absolute Gasteiger partial charge is 0.508 e. The average molecular weight is 349 g/mol. The minimum atomic E-state index is -0.380. The van der Waals surface area contributed by atoms with Crippen LogP contribution >= 0.6 is 0 Å². The second-order valence-corrected chi connectivity index (χ2v) is 5.95. The number of halogens is 1. The van der Waals surface area contributed by atoms with Crippen LogP contribution in [0, 0.1) is 5.82 Å². The van der Waals surface area contributed by atoms with Crippen molar-refractivity contribution in [2.24, 2.45) is 0 Å². The van der Waals surface area contributed by atoms with E-state index in [4.69, 9.17) is 0 Å². The fourth-order valence-corrected chi connectivity index (χ4v) is 2.78. The molecule has 26 heavy (non-hydrogen) atoms. The van der Waals surface area contributed by atoms with E-state index in [0.717, 1.165) is 5.56 Å². The maximum Gasteiger partial charge on any atom is 0.188 e. The highest BCUT2D eigenvalue weighted by atomic mass is 19.1. The monoisotopic (exact) mass is 349 g/mol. The molecule has 0 saturated heterocycles. The molecule has 2 heterocycles. The Balaban J connectivity index is 1.69. The van der Waals surface area contributed by atoms with Crippen LogP contribution in [0.4, 0.5) is 10.2 Å². The number of phenolic OH excluding ortho intramolecular Hbond substituents is 1. The SMILES string of the molecule is C[C@@H](Nc1ccc2nnc(-c3ccccc3F)n2n1)c1cccc(O)c1. The van der Waals surface area contributed by atoms with Crippen molar-refractivity contribution in [3.63, 3.8) is 0 Å². The van der Waals surface area contributed by atoms with Crippen LogP contribution in [0.5, 0.6) is 5.75 Å². The van der Waals surface area contributed by atoms with Gasteiger partial charge in [-0.05, 0) is 48.9 Å². The molecule has 0 bridgehead atoms. The summed E-state index contributed by atoms with van der Waals surface area (Å²) in [6.45, 7) is 1.96. The molecule has 2 aromatic heterocycles. The van der Waals surface area contributed by atoms with Gasteiger partial charge in [0.15, 0.2) is 11.5 Å². The van der Waals surface area contributed by atoms with Crippen molar-refractivity contribution < 1.29 is 9.50 Å². The molecule has 0 amide bonds. The fourth-order valence-electron chi connectivity index (χ4n) is 2.78. The number of benzene rings is 2. The molecular weight excluding hydrogens is 333 g/mol. The molecule has 0 spiro atoms. The van der Waals surface area contributed by atoms with E-state index < -0.39 is 0 Å². The summed E-state index contributed by atoms with van der Waals surface area (Å²) in [5.41, 5.74) is 1.79. The summed E-state index contributed by atoms with van der Waals surface area (Å²) in [4.78, 5) is 0. The molecule has 0 fully saturated rings. The number of aromatic hydroxyl groups is 1. The molecule has 130 valence electrons. The highest BCUT2D eigenvalue weighted by molar-refractivity contribution is 5.60. The van der Waals surface area contributed by atoms with Gasteiger partial charge < -0.3 is 10.4 Å². The maximum absolute atomic E-state index is 14.1. The third-order valence-corrected chi connectivity index (χ3v) is 4.11. The Morgan fingerprint density at radius 3 is 2.69 bits per heavy atom. The first kappa shape index (κ1) is 16.0. The molecule has 0 aliphatic carbocycles. The van der Waals surface area contributed by atoms with Gasteiger partial charge in [0, 0.05) is 0 Å². The van der Waals surface area contributed by atoms with Gasteiger partial charge in [0.05, 0.1) is 11.6 Å². The van der Waals surface area contributed by atoms with Crippen LogP contribution in [0.15, 0.2) is 60.7 Å². The van der Waals surface area contributed by atoms with Crippen LogP contribution in [0.25, 0.3) is 17.0 Å². The van der Waals surface area contributed by atoms with E-state index in [-0.39, 0.29) is 17.6 Å². The van der Waals surface area contributed by atoms with E-state index in [1.807, 2.05) is 13.0 Å². The van der Waals surface area contributed by atoms with Gasteiger partial charge in [-0.2, -0.15) is 4.52 Å². The maximum atomic E-state index is 14.1. The predicted molar refractivity (Wildman–Crippen MR) is 96.3 cm³/mol. The molecule has 0 saturated carbocycles. The lowest BCUT2D eigenvalue weighted by atomic mass is 10.1. The Morgan fingerprint density at radius 1 is 1.04 bits per heavy atom. The summed E-state index contributed by atoms with van der Waals surface area (Å²) in [5, 5.41) is 25.5. The smallest absolute Gasteiger partial charge is 0.188 e. The molecule has 0 radical (unpaired) electrons. The molecule has 7 heteroatoms. The fraction of sp³-hybridized carbons (Fsp3) is 0.105. The van der Waals surface area contributed by atoms with Crippen LogP contribution in [0.3, 0.4) is 0 Å². The number of aromatic nitrogens is 4. The van der Waals surface area contributed by atoms with Crippen molar-refractivity contribution in [2.75, 3.05) is 5.32 Å². The van der Waals surface area contributed by atoms with Crippen LogP contribution in [-0.4, -0.2) is 24.9 Å². The number of nitrogens with zero attached hydrogens (tertiary/aromatic N) is 4. The zero-order chi connectivity index (χ0) is 18.1. The number of hydrogen-bond donors (Lipinski definition) is 2. The summed E-state index contributed by atoms with van der Waals surface area (Å²) in [6, 6.07) is 16.9. The third kappa shape index (κ3) is 2.95. The zero-order valence-corrected chi connectivity index (χ0v) is 14.0. The molecule has 1 atom stereocenters. The van der Waals surface area contributed by atoms with Gasteiger partial charge in [-0.15, -0.1) is 15.3 Å². The van der Waals surface area contributed by atoms with Crippen LogP contribution in [0.2, 0.25) is 0 Å². The van der Waals surface area contributed by atoms with Gasteiger partial charge in [-0.1, -0.05) is 24.3 Å². The lowest BCUT2D eigenvalue weighted by Crippen LogP contribution is -2.09. The topological polar surface area (TPSA) is 75.3 Å². The lowest BCUT2D eigenvalue weighted by Gasteiger charge is -2.15. The van der Waals surface area contributed by atoms with E-state index in [9.17, 15) is 9.50 Å². The zero-order valence-electron chi connectivity index (χ0n) is 14.0. The molecule has 4 rings (SSSR count). The van der Waals surface area contributed by atoms with Crippen molar-refractivity contribution in [3.05, 3.63) is 72.0 Å². The number of fused-ring (bicyclic) bond motifs is 1. The second-order valence-electron chi connectivity index (χ2n) is 5.95. The van der Waals surface area contributed by atoms with Crippen LogP contribution in [0.1, 0.15) is 18.5 Å². The van der Waals surface area contributed by atoms with E-state index in [0.29, 0.717) is 22.9 Å². The third-order valence-electron chi connectivity index (χ3n) is 4.11. The Labute approximate surface area is 148 Å². The highest BCUT2D eigenvalue weighted by Gasteiger charge is 2.14. The molecule has 4 aromatic rings. The molecule has 0 unspecified atom stereocenters. The Hall–Kier alpha value is -3.48. The first-order valence-electron chi connectivity index (χ1n) is 8.14. The summed E-state index contributed by atoms with van der Waals surface area (Å²) in [5.74, 6) is 0.757. The Morgan fingerprint density at radius 2 is 1.88 bits per heavy atom. The quantitative estimate of drug-likeness (QED) is 0.586. The van der Waals surface area contributed by atoms with Gasteiger partial charge in [-0.25, -0.2) is 4.39 Å². The predicted octanol–water partition coefficient (Wildman–Crippen LogP) is 3.81. The molecular formula is C19H16FN5O. The van der Waals surface area contributed by atoms with Gasteiger partial charge in [0.1, 0.15) is 17.4 Å². The van der Waals surface area contributed by atoms with Gasteiger partial charge >= 0.3 is 0 Å². The van der Waals surface area contributed by atoms with Crippen molar-refractivity contribution in [2.45, 2.75) is 13.0 Å². The standard InChI is InChI=1S/C19H16FN5O/c1-12(13-5-4-6-14(26)11-13)21-17-9-10-18-22-23-19(25(18)24-17)15-7-2-3-8-16(15)20/h2-12,26H,1H3,(H,21,24)/t12-/m1/s1. The number of anilines is 1. The minimum absolute atomic E-state index is 0.0829. The number of rotatable bonds is 4. The number of phenols is 1. The van der Waals surface area contributed by atoms with Crippen LogP contribution in [-0.2, 0) is 0 Å². The van der Waals surface area contributed by atoms with Crippen molar-refractivity contribution in [1.29, 1.82) is 0 Å². The summed E-state index contributed by atoms with van der Waals surface area (Å²) < 4.78 is 15.6. The van der Waals surface area contributed by atoms with Gasteiger partial charge in [0.25, 0.3) is 0 Å². The summed E-state index contributed by atoms with van der Waals surface area (Å²) in [7, 11) is 0. The molecule has 0 aliphatic heterocycles. The van der Waals surface area contributed by atoms with Gasteiger partial charge in [-0.3, -0.25) is 0 Å². The van der Waals surface area contributed by atoms with Crippen molar-refractivity contribution in [3.8, 4) is 17.1 Å².